The highest BCUT2D eigenvalue weighted by molar-refractivity contribution is 6.76. The molecule has 0 atom stereocenters. The number of nitrogens with zero attached hydrogens (tertiary/aromatic N) is 1. The second-order valence-corrected chi connectivity index (χ2v) is 12.3. The number of hydrogen-bond acceptors (Lipinski definition) is 2. The van der Waals surface area contributed by atoms with Crippen LogP contribution in [-0.4, -0.2) is 51.1 Å². The highest BCUT2D eigenvalue weighted by atomic mass is 28.3. The monoisotopic (exact) mass is 299 g/mol. The largest absolute Gasteiger partial charge is 0.343 e. The summed E-state index contributed by atoms with van der Waals surface area (Å²) in [6, 6.07) is 1.15. The Morgan fingerprint density at radius 3 is 2.40 bits per heavy atom. The quantitative estimate of drug-likeness (QED) is 0.532. The van der Waals surface area contributed by atoms with E-state index >= 15 is 0 Å². The van der Waals surface area contributed by atoms with Crippen LogP contribution in [0.4, 0.5) is 4.79 Å². The van der Waals surface area contributed by atoms with Gasteiger partial charge in [-0.2, -0.15) is 0 Å². The van der Waals surface area contributed by atoms with Gasteiger partial charge in [0.05, 0.1) is 0 Å². The average molecular weight is 299 g/mol. The van der Waals surface area contributed by atoms with Crippen LogP contribution in [0.5, 0.6) is 0 Å². The van der Waals surface area contributed by atoms with Gasteiger partial charge in [-0.1, -0.05) is 25.7 Å². The van der Waals surface area contributed by atoms with E-state index in [9.17, 15) is 9.59 Å². The first-order valence-corrected chi connectivity index (χ1v) is 11.4. The molecule has 0 spiro atoms. The summed E-state index contributed by atoms with van der Waals surface area (Å²) in [6.07, 6.45) is 3.55. The van der Waals surface area contributed by atoms with E-state index in [0.717, 1.165) is 38.9 Å². The van der Waals surface area contributed by atoms with Crippen molar-refractivity contribution in [2.24, 2.45) is 0 Å². The molecule has 1 aliphatic heterocycles. The summed E-state index contributed by atoms with van der Waals surface area (Å²) in [6.45, 7) is 10.0. The standard InChI is InChI=1S/C14H29N3O2Si/c1-20(2,3)12-6-9-16-14(19)15-8-5-11-17-10-4-7-13(17)18/h4-12H2,1-3H3,(H2,15,16,19). The van der Waals surface area contributed by atoms with Crippen LogP contribution in [-0.2, 0) is 4.79 Å². The SMILES string of the molecule is C[Si](C)(C)CCCNC(=O)NCCCN1CCCC1=O. The van der Waals surface area contributed by atoms with Gasteiger partial charge in [-0.25, -0.2) is 4.79 Å². The van der Waals surface area contributed by atoms with Gasteiger partial charge in [0.25, 0.3) is 0 Å². The number of nitrogens with one attached hydrogen (secondary N) is 2. The van der Waals surface area contributed by atoms with Crippen LogP contribution in [0.2, 0.25) is 25.7 Å². The minimum absolute atomic E-state index is 0.0895. The van der Waals surface area contributed by atoms with Crippen LogP contribution in [0.3, 0.4) is 0 Å². The van der Waals surface area contributed by atoms with Gasteiger partial charge in [0, 0.05) is 40.7 Å². The Bertz CT molecular complexity index is 329. The lowest BCUT2D eigenvalue weighted by Crippen LogP contribution is -2.38. The van der Waals surface area contributed by atoms with Gasteiger partial charge in [-0.15, -0.1) is 0 Å². The lowest BCUT2D eigenvalue weighted by molar-refractivity contribution is -0.127. The highest BCUT2D eigenvalue weighted by Gasteiger charge is 2.19. The molecule has 2 N–H and O–H groups in total. The van der Waals surface area contributed by atoms with Crippen molar-refractivity contribution in [2.45, 2.75) is 51.4 Å². The Morgan fingerprint density at radius 2 is 1.85 bits per heavy atom. The summed E-state index contributed by atoms with van der Waals surface area (Å²) < 4.78 is 0. The molecule has 5 nitrogen and oxygen atoms in total. The van der Waals surface area contributed by atoms with Crippen molar-refractivity contribution in [3.63, 3.8) is 0 Å². The highest BCUT2D eigenvalue weighted by Crippen LogP contribution is 2.10. The predicted molar refractivity (Wildman–Crippen MR) is 84.6 cm³/mol. The third-order valence-electron chi connectivity index (χ3n) is 3.45. The number of carbonyl (C=O) groups excluding carboxylic acids is 2. The molecule has 1 fully saturated rings. The zero-order valence-electron chi connectivity index (χ0n) is 13.1. The number of likely N-dealkylation sites (tertiary alicyclic amines) is 1. The molecule has 0 radical (unpaired) electrons. The Morgan fingerprint density at radius 1 is 1.20 bits per heavy atom. The van der Waals surface area contributed by atoms with Gasteiger partial charge >= 0.3 is 6.03 Å². The van der Waals surface area contributed by atoms with Crippen molar-refractivity contribution in [3.05, 3.63) is 0 Å². The maximum Gasteiger partial charge on any atom is 0.314 e. The van der Waals surface area contributed by atoms with E-state index in [1.54, 1.807) is 0 Å². The van der Waals surface area contributed by atoms with Gasteiger partial charge in [0.2, 0.25) is 5.91 Å². The topological polar surface area (TPSA) is 61.4 Å². The Kier molecular flexibility index (Phi) is 7.05. The van der Waals surface area contributed by atoms with Crippen molar-refractivity contribution < 1.29 is 9.59 Å². The van der Waals surface area contributed by atoms with Crippen LogP contribution in [0.15, 0.2) is 0 Å². The molecule has 0 aromatic carbocycles. The third kappa shape index (κ3) is 7.52. The number of hydrogen-bond donors (Lipinski definition) is 2. The molecule has 0 bridgehead atoms. The molecule has 0 unspecified atom stereocenters. The molecule has 1 aliphatic rings. The molecule has 0 aliphatic carbocycles. The maximum atomic E-state index is 11.5. The smallest absolute Gasteiger partial charge is 0.314 e. The predicted octanol–water partition coefficient (Wildman–Crippen LogP) is 2.03. The van der Waals surface area contributed by atoms with E-state index in [1.165, 1.54) is 6.04 Å². The Hall–Kier alpha value is -1.04. The second kappa shape index (κ2) is 8.29. The van der Waals surface area contributed by atoms with Crippen LogP contribution in [0.1, 0.15) is 25.7 Å². The summed E-state index contributed by atoms with van der Waals surface area (Å²) in [5, 5.41) is 5.73. The minimum atomic E-state index is -0.991. The molecule has 20 heavy (non-hydrogen) atoms. The van der Waals surface area contributed by atoms with Crippen LogP contribution in [0.25, 0.3) is 0 Å². The van der Waals surface area contributed by atoms with Crippen molar-refractivity contribution in [1.82, 2.24) is 15.5 Å². The third-order valence-corrected chi connectivity index (χ3v) is 5.30. The summed E-state index contributed by atoms with van der Waals surface area (Å²) >= 11 is 0. The molecule has 0 saturated carbocycles. The molecular formula is C14H29N3O2Si. The average Bonchev–Trinajstić information content (AvgIpc) is 2.75. The van der Waals surface area contributed by atoms with Gasteiger partial charge in [-0.05, 0) is 19.3 Å². The maximum absolute atomic E-state index is 11.5. The second-order valence-electron chi connectivity index (χ2n) is 6.68. The van der Waals surface area contributed by atoms with Crippen molar-refractivity contribution in [2.75, 3.05) is 26.2 Å². The normalized spacial score (nSPS) is 15.6. The van der Waals surface area contributed by atoms with Crippen molar-refractivity contribution >= 4 is 20.0 Å². The molecule has 1 rings (SSSR count). The number of urea groups is 1. The summed E-state index contributed by atoms with van der Waals surface area (Å²) in [7, 11) is -0.991. The fourth-order valence-electron chi connectivity index (χ4n) is 2.30. The zero-order valence-corrected chi connectivity index (χ0v) is 14.1. The van der Waals surface area contributed by atoms with E-state index in [-0.39, 0.29) is 11.9 Å². The molecule has 0 aromatic rings. The van der Waals surface area contributed by atoms with Crippen LogP contribution < -0.4 is 10.6 Å². The molecular weight excluding hydrogens is 270 g/mol. The minimum Gasteiger partial charge on any atom is -0.343 e. The summed E-state index contributed by atoms with van der Waals surface area (Å²) in [5.74, 6) is 0.251. The van der Waals surface area contributed by atoms with Gasteiger partial charge < -0.3 is 15.5 Å². The molecule has 6 heteroatoms. The molecule has 1 heterocycles. The van der Waals surface area contributed by atoms with Crippen LogP contribution in [0, 0.1) is 0 Å². The van der Waals surface area contributed by atoms with Crippen molar-refractivity contribution in [3.8, 4) is 0 Å². The number of carbonyl (C=O) groups is 2. The van der Waals surface area contributed by atoms with Crippen LogP contribution >= 0.6 is 0 Å². The van der Waals surface area contributed by atoms with E-state index in [0.29, 0.717) is 13.0 Å². The molecule has 0 aromatic heterocycles. The number of amides is 3. The van der Waals surface area contributed by atoms with E-state index < -0.39 is 8.07 Å². The van der Waals surface area contributed by atoms with Crippen molar-refractivity contribution in [1.29, 1.82) is 0 Å². The first kappa shape index (κ1) is 17.0. The first-order valence-electron chi connectivity index (χ1n) is 7.68. The summed E-state index contributed by atoms with van der Waals surface area (Å²) in [5.41, 5.74) is 0. The Balaban J connectivity index is 1.96. The first-order chi connectivity index (χ1) is 9.38. The van der Waals surface area contributed by atoms with E-state index in [2.05, 4.69) is 30.3 Å². The lowest BCUT2D eigenvalue weighted by Gasteiger charge is -2.16. The van der Waals surface area contributed by atoms with E-state index in [1.807, 2.05) is 4.90 Å². The molecule has 116 valence electrons. The van der Waals surface area contributed by atoms with Gasteiger partial charge in [0.1, 0.15) is 0 Å². The van der Waals surface area contributed by atoms with Gasteiger partial charge in [0.15, 0.2) is 0 Å². The summed E-state index contributed by atoms with van der Waals surface area (Å²) in [4.78, 5) is 24.8. The van der Waals surface area contributed by atoms with Gasteiger partial charge in [-0.3, -0.25) is 4.79 Å². The lowest BCUT2D eigenvalue weighted by atomic mass is 10.4. The fourth-order valence-corrected chi connectivity index (χ4v) is 3.53. The fraction of sp³-hybridized carbons (Fsp3) is 0.857. The molecule has 1 saturated heterocycles. The number of rotatable bonds is 8. The Labute approximate surface area is 123 Å². The van der Waals surface area contributed by atoms with E-state index in [4.69, 9.17) is 0 Å². The molecule has 3 amide bonds. The zero-order chi connectivity index (χ0) is 15.0.